The summed E-state index contributed by atoms with van der Waals surface area (Å²) in [4.78, 5) is 80.0. The Hall–Kier alpha value is -6.82. The van der Waals surface area contributed by atoms with Gasteiger partial charge in [0.05, 0.1) is 56.7 Å². The number of aromatic amines is 1. The van der Waals surface area contributed by atoms with Crippen molar-refractivity contribution >= 4 is 110 Å². The first kappa shape index (κ1) is 71.0. The van der Waals surface area contributed by atoms with Gasteiger partial charge in [-0.2, -0.15) is 0 Å². The second-order valence-corrected chi connectivity index (χ2v) is 27.9. The first-order valence-electron chi connectivity index (χ1n) is 32.9. The van der Waals surface area contributed by atoms with Gasteiger partial charge in [0, 0.05) is 88.3 Å². The number of fused-ring (bicyclic) bond motifs is 2. The van der Waals surface area contributed by atoms with E-state index in [9.17, 15) is 29.4 Å². The maximum absolute atomic E-state index is 14.6. The van der Waals surface area contributed by atoms with Gasteiger partial charge in [0.25, 0.3) is 0 Å². The van der Waals surface area contributed by atoms with E-state index in [-0.39, 0.29) is 80.7 Å². The highest BCUT2D eigenvalue weighted by atomic mass is 35.5. The molecule has 7 N–H and O–H groups in total. The number of rotatable bonds is 30. The van der Waals surface area contributed by atoms with Gasteiger partial charge in [-0.05, 0) is 141 Å². The van der Waals surface area contributed by atoms with Gasteiger partial charge >= 0.3 is 0 Å². The molecule has 5 heterocycles. The number of hydrogen-bond donors (Lipinski definition) is 7. The number of likely N-dealkylation sites (tertiary alicyclic amines) is 1. The number of imidazole rings is 2. The fraction of sp³-hybridized carbons (Fsp3) is 0.465. The third-order valence-corrected chi connectivity index (χ3v) is 19.4. The summed E-state index contributed by atoms with van der Waals surface area (Å²) < 4.78 is 14.0. The number of ketones is 1. The van der Waals surface area contributed by atoms with Gasteiger partial charge in [0.2, 0.25) is 17.7 Å². The van der Waals surface area contributed by atoms with Crippen LogP contribution in [0.3, 0.4) is 0 Å². The third-order valence-electron chi connectivity index (χ3n) is 17.9. The van der Waals surface area contributed by atoms with Crippen molar-refractivity contribution in [1.29, 1.82) is 0 Å². The second-order valence-electron chi connectivity index (χ2n) is 26.3. The van der Waals surface area contributed by atoms with Crippen LogP contribution in [0.2, 0.25) is 20.1 Å². The molecule has 20 nitrogen and oxygen atoms in total. The van der Waals surface area contributed by atoms with E-state index in [1.54, 1.807) is 64.3 Å². The number of carbonyl (C=O) groups excluding carboxylic acids is 4. The highest BCUT2D eigenvalue weighted by Crippen LogP contribution is 2.39. The Labute approximate surface area is 574 Å². The topological polar surface area (TPSA) is 254 Å². The molecule has 3 fully saturated rings. The monoisotopic (exact) mass is 1370 g/mol. The van der Waals surface area contributed by atoms with Gasteiger partial charge in [-0.3, -0.25) is 28.6 Å². The molecule has 1 saturated carbocycles. The second kappa shape index (κ2) is 33.0. The van der Waals surface area contributed by atoms with Crippen LogP contribution in [-0.4, -0.2) is 168 Å². The van der Waals surface area contributed by atoms with Crippen molar-refractivity contribution in [2.24, 2.45) is 5.92 Å². The molecule has 506 valence electrons. The smallest absolute Gasteiger partial charge is 0.240 e. The van der Waals surface area contributed by atoms with E-state index >= 15 is 0 Å². The number of nitrogens with zero attached hydrogens (tertiary/aromatic N) is 7. The van der Waals surface area contributed by atoms with E-state index in [1.165, 1.54) is 11.9 Å². The van der Waals surface area contributed by atoms with Gasteiger partial charge in [0.15, 0.2) is 29.0 Å². The standard InChI is InChI=1S/C71H86Cl4N12O8/c1-43(2)86(51-32-47(33-51)18-23-60-83-56-22-19-50(71(3,4)5)37-57(56)84-60)40-59-65(91)66(92)70(95-59)87-42-82-63-67(80-41-81-68(63)87)79-25-10-9-24-77-61(88)14-11-15-62(89)78-27-29-94-28-26-76-58(36-44-12-7-6-8-13-44)69(93)85-38-48(30-45-16-20-52(72)54(74)34-45)64(90)49(39-85)31-46-17-21-53(73)55(75)35-46/h6-8,12-13,16-17,19-22,30-31,34-35,37,41-43,47,51,58-59,65-66,70,76,91-92H,9-11,14-15,18,23-29,32-33,36,38-40H2,1-5H3,(H,77,88)(H,78,89)(H,83,84)(H,79,80,81)/b48-30+,49-31+/t47?,51?,58-,59+,65?,66?,70?/m0/s1. The van der Waals surface area contributed by atoms with E-state index < -0.39 is 30.6 Å². The number of aryl methyl sites for hydroxylation is 1. The number of anilines is 1. The molecule has 0 spiro atoms. The summed E-state index contributed by atoms with van der Waals surface area (Å²) in [6.07, 6.45) is 9.22. The minimum absolute atomic E-state index is 0.0585. The Bertz CT molecular complexity index is 3800. The Morgan fingerprint density at radius 3 is 2.12 bits per heavy atom. The first-order chi connectivity index (χ1) is 45.6. The summed E-state index contributed by atoms with van der Waals surface area (Å²) in [6, 6.07) is 26.2. The number of benzene rings is 4. The van der Waals surface area contributed by atoms with E-state index in [0.717, 1.165) is 54.5 Å². The molecule has 24 heteroatoms. The van der Waals surface area contributed by atoms with Crippen LogP contribution in [0, 0.1) is 5.92 Å². The molecule has 0 bridgehead atoms. The van der Waals surface area contributed by atoms with Crippen LogP contribution in [0.5, 0.6) is 0 Å². The number of aromatic nitrogens is 6. The van der Waals surface area contributed by atoms with Crippen molar-refractivity contribution in [3.05, 3.63) is 157 Å². The molecule has 10 rings (SSSR count). The van der Waals surface area contributed by atoms with Gasteiger partial charge < -0.3 is 50.8 Å². The minimum atomic E-state index is -1.20. The maximum atomic E-state index is 14.6. The summed E-state index contributed by atoms with van der Waals surface area (Å²) in [5.74, 6) is 1.37. The number of halogens is 4. The number of H-pyrrole nitrogens is 1. The summed E-state index contributed by atoms with van der Waals surface area (Å²) in [6.45, 7) is 13.7. The Kier molecular flexibility index (Phi) is 24.6. The number of carbonyl (C=O) groups is 4. The predicted octanol–water partition coefficient (Wildman–Crippen LogP) is 10.7. The molecule has 2 saturated heterocycles. The number of unbranched alkanes of at least 4 members (excludes halogenated alkanes) is 1. The zero-order valence-electron chi connectivity index (χ0n) is 54.4. The Morgan fingerprint density at radius 2 is 1.45 bits per heavy atom. The fourth-order valence-corrected chi connectivity index (χ4v) is 13.1. The molecule has 4 aromatic carbocycles. The number of nitrogens with one attached hydrogen (secondary N) is 5. The molecule has 3 amide bonds. The lowest BCUT2D eigenvalue weighted by Crippen LogP contribution is -2.52. The van der Waals surface area contributed by atoms with E-state index in [4.69, 9.17) is 60.9 Å². The van der Waals surface area contributed by atoms with Crippen molar-refractivity contribution in [2.45, 2.75) is 147 Å². The number of aliphatic hydroxyl groups excluding tert-OH is 2. The summed E-state index contributed by atoms with van der Waals surface area (Å²) in [5, 5.41) is 36.7. The van der Waals surface area contributed by atoms with Crippen LogP contribution in [0.1, 0.15) is 120 Å². The average Bonchev–Trinajstić information content (AvgIpc) is 1.69. The van der Waals surface area contributed by atoms with E-state index in [0.29, 0.717) is 117 Å². The molecule has 3 unspecified atom stereocenters. The summed E-state index contributed by atoms with van der Waals surface area (Å²) >= 11 is 25.1. The SMILES string of the molecule is CC(C)N(C[C@H]1OC(n2cnc3c(NCCCCNC(=O)CCCC(=O)NCCOCCN[C@@H](Cc4ccccc4)C(=O)N4C/C(=C\c5ccc(Cl)c(Cl)c5)C(=O)/C(=C/c5ccc(Cl)c(Cl)c5)C4)ncnc32)C(O)C1O)C1CC(CCc2nc3ccc(C(C)(C)C)cc3[nH]2)C1. The fourth-order valence-electron chi connectivity index (χ4n) is 12.5. The maximum Gasteiger partial charge on any atom is 0.240 e. The molecule has 1 aliphatic carbocycles. The van der Waals surface area contributed by atoms with Crippen molar-refractivity contribution in [1.82, 2.24) is 55.2 Å². The quantitative estimate of drug-likeness (QED) is 0.0163. The van der Waals surface area contributed by atoms with Gasteiger partial charge in [-0.25, -0.2) is 19.9 Å². The number of Topliss-reactive ketones (excluding diaryl/α,β-unsaturated/α-hetero) is 1. The number of aliphatic hydroxyl groups is 2. The predicted molar refractivity (Wildman–Crippen MR) is 374 cm³/mol. The van der Waals surface area contributed by atoms with Crippen LogP contribution >= 0.6 is 46.4 Å². The van der Waals surface area contributed by atoms with Crippen LogP contribution < -0.4 is 21.3 Å². The largest absolute Gasteiger partial charge is 0.387 e. The molecular formula is C71H86Cl4N12O8. The van der Waals surface area contributed by atoms with E-state index in [2.05, 4.69) is 98.9 Å². The highest BCUT2D eigenvalue weighted by Gasteiger charge is 2.47. The third kappa shape index (κ3) is 18.9. The van der Waals surface area contributed by atoms with Crippen LogP contribution in [0.4, 0.5) is 5.82 Å². The number of amides is 3. The lowest BCUT2D eigenvalue weighted by molar-refractivity contribution is -0.133. The molecule has 95 heavy (non-hydrogen) atoms. The number of hydrogen-bond acceptors (Lipinski definition) is 15. The first-order valence-corrected chi connectivity index (χ1v) is 34.4. The van der Waals surface area contributed by atoms with E-state index in [1.807, 2.05) is 30.3 Å². The molecule has 2 aliphatic heterocycles. The van der Waals surface area contributed by atoms with Gasteiger partial charge in [0.1, 0.15) is 30.5 Å². The zero-order valence-corrected chi connectivity index (χ0v) is 57.5. The molecule has 3 aliphatic rings. The van der Waals surface area contributed by atoms with Crippen molar-refractivity contribution in [2.75, 3.05) is 64.3 Å². The van der Waals surface area contributed by atoms with Crippen molar-refractivity contribution < 1.29 is 38.9 Å². The van der Waals surface area contributed by atoms with Crippen LogP contribution in [-0.2, 0) is 46.9 Å². The molecule has 3 aromatic heterocycles. The number of piperidine rings is 1. The lowest BCUT2D eigenvalue weighted by Gasteiger charge is -2.46. The summed E-state index contributed by atoms with van der Waals surface area (Å²) in [5.41, 5.74) is 7.47. The van der Waals surface area contributed by atoms with Crippen molar-refractivity contribution in [3.8, 4) is 0 Å². The minimum Gasteiger partial charge on any atom is -0.387 e. The Balaban J connectivity index is 0.603. The zero-order chi connectivity index (χ0) is 67.3. The average molecular weight is 1380 g/mol. The van der Waals surface area contributed by atoms with Gasteiger partial charge in [-0.1, -0.05) is 116 Å². The molecular weight excluding hydrogens is 1290 g/mol. The highest BCUT2D eigenvalue weighted by molar-refractivity contribution is 6.42. The Morgan fingerprint density at radius 1 is 0.789 bits per heavy atom. The summed E-state index contributed by atoms with van der Waals surface area (Å²) in [7, 11) is 0. The van der Waals surface area contributed by atoms with Crippen LogP contribution in [0.25, 0.3) is 34.3 Å². The molecule has 5 atom stereocenters. The van der Waals surface area contributed by atoms with Crippen molar-refractivity contribution in [3.63, 3.8) is 0 Å². The molecule has 0 radical (unpaired) electrons. The van der Waals surface area contributed by atoms with Gasteiger partial charge in [-0.15, -0.1) is 0 Å². The lowest BCUT2D eigenvalue weighted by atomic mass is 9.76. The van der Waals surface area contributed by atoms with Crippen LogP contribution in [0.15, 0.2) is 109 Å². The molecule has 7 aromatic rings. The number of ether oxygens (including phenoxy) is 2. The normalized spacial score (nSPS) is 20.3.